The molecule has 0 unspecified atom stereocenters. The molecule has 0 saturated carbocycles. The highest BCUT2D eigenvalue weighted by molar-refractivity contribution is 6.11. The quantitative estimate of drug-likeness (QED) is 0.832. The van der Waals surface area contributed by atoms with Crippen LogP contribution in [0.15, 0.2) is 24.5 Å². The van der Waals surface area contributed by atoms with E-state index in [1.165, 1.54) is 10.9 Å². The van der Waals surface area contributed by atoms with Crippen LogP contribution in [0.1, 0.15) is 35.0 Å². The molecule has 0 fully saturated rings. The molecule has 2 heterocycles. The summed E-state index contributed by atoms with van der Waals surface area (Å²) in [7, 11) is 1.62. The van der Waals surface area contributed by atoms with Gasteiger partial charge in [-0.2, -0.15) is 5.10 Å². The number of ketones is 1. The van der Waals surface area contributed by atoms with Crippen LogP contribution >= 0.6 is 0 Å². The summed E-state index contributed by atoms with van der Waals surface area (Å²) in [6, 6.07) is 3.37. The van der Waals surface area contributed by atoms with Gasteiger partial charge in [-0.05, 0) is 18.6 Å². The molecule has 0 spiro atoms. The van der Waals surface area contributed by atoms with Gasteiger partial charge < -0.3 is 5.11 Å². The number of hydrogen-bond acceptors (Lipinski definition) is 4. The Balaban J connectivity index is 2.47. The Labute approximate surface area is 105 Å². The predicted molar refractivity (Wildman–Crippen MR) is 66.5 cm³/mol. The van der Waals surface area contributed by atoms with Crippen molar-refractivity contribution in [1.29, 1.82) is 0 Å². The summed E-state index contributed by atoms with van der Waals surface area (Å²) in [5.41, 5.74) is 1.37. The molecule has 1 N–H and O–H groups in total. The normalized spacial score (nSPS) is 10.6. The van der Waals surface area contributed by atoms with Gasteiger partial charge in [0.2, 0.25) is 11.7 Å². The summed E-state index contributed by atoms with van der Waals surface area (Å²) in [6.07, 6.45) is 4.62. The Bertz CT molecular complexity index is 561. The molecule has 0 aliphatic heterocycles. The molecule has 2 rings (SSSR count). The fourth-order valence-corrected chi connectivity index (χ4v) is 1.86. The van der Waals surface area contributed by atoms with Crippen LogP contribution in [-0.2, 0) is 13.5 Å². The summed E-state index contributed by atoms with van der Waals surface area (Å²) in [6.45, 7) is 2.00. The van der Waals surface area contributed by atoms with Crippen LogP contribution in [0.4, 0.5) is 0 Å². The molecule has 94 valence electrons. The van der Waals surface area contributed by atoms with Gasteiger partial charge in [-0.3, -0.25) is 9.78 Å². The van der Waals surface area contributed by atoms with Gasteiger partial charge in [0.1, 0.15) is 5.56 Å². The highest BCUT2D eigenvalue weighted by Crippen LogP contribution is 2.24. The van der Waals surface area contributed by atoms with Crippen LogP contribution in [0.3, 0.4) is 0 Å². The minimum absolute atomic E-state index is 0.0905. The van der Waals surface area contributed by atoms with Gasteiger partial charge in [-0.25, -0.2) is 4.68 Å². The van der Waals surface area contributed by atoms with E-state index in [2.05, 4.69) is 10.1 Å². The number of pyridine rings is 1. The molecule has 0 amide bonds. The molecule has 5 nitrogen and oxygen atoms in total. The van der Waals surface area contributed by atoms with Gasteiger partial charge in [0.15, 0.2) is 0 Å². The molecule has 0 saturated heterocycles. The van der Waals surface area contributed by atoms with E-state index >= 15 is 0 Å². The van der Waals surface area contributed by atoms with Crippen LogP contribution in [0.5, 0.6) is 5.88 Å². The lowest BCUT2D eigenvalue weighted by Gasteiger charge is -2.01. The zero-order valence-electron chi connectivity index (χ0n) is 10.4. The van der Waals surface area contributed by atoms with Crippen LogP contribution in [-0.4, -0.2) is 25.7 Å². The SMILES string of the molecule is CCCc1nn(C)c(O)c1C(=O)c1cccnc1. The van der Waals surface area contributed by atoms with Crippen molar-refractivity contribution in [3.63, 3.8) is 0 Å². The van der Waals surface area contributed by atoms with Crippen molar-refractivity contribution in [3.8, 4) is 5.88 Å². The van der Waals surface area contributed by atoms with Crippen LogP contribution < -0.4 is 0 Å². The summed E-state index contributed by atoms with van der Waals surface area (Å²) < 4.78 is 1.33. The van der Waals surface area contributed by atoms with Gasteiger partial charge >= 0.3 is 0 Å². The van der Waals surface area contributed by atoms with Gasteiger partial charge in [-0.1, -0.05) is 13.3 Å². The third-order valence-electron chi connectivity index (χ3n) is 2.73. The van der Waals surface area contributed by atoms with E-state index in [0.29, 0.717) is 17.7 Å². The molecule has 0 radical (unpaired) electrons. The molecule has 2 aromatic rings. The number of carbonyl (C=O) groups is 1. The molecule has 18 heavy (non-hydrogen) atoms. The van der Waals surface area contributed by atoms with Crippen LogP contribution in [0.25, 0.3) is 0 Å². The molecule has 2 aromatic heterocycles. The second kappa shape index (κ2) is 5.00. The van der Waals surface area contributed by atoms with E-state index in [-0.39, 0.29) is 17.2 Å². The first-order valence-corrected chi connectivity index (χ1v) is 5.84. The lowest BCUT2D eigenvalue weighted by atomic mass is 10.0. The van der Waals surface area contributed by atoms with E-state index in [4.69, 9.17) is 0 Å². The largest absolute Gasteiger partial charge is 0.493 e. The zero-order valence-corrected chi connectivity index (χ0v) is 10.4. The van der Waals surface area contributed by atoms with E-state index in [9.17, 15) is 9.90 Å². The number of rotatable bonds is 4. The van der Waals surface area contributed by atoms with Crippen molar-refractivity contribution in [1.82, 2.24) is 14.8 Å². The third-order valence-corrected chi connectivity index (χ3v) is 2.73. The number of aromatic nitrogens is 3. The average molecular weight is 245 g/mol. The fraction of sp³-hybridized carbons (Fsp3) is 0.308. The highest BCUT2D eigenvalue weighted by atomic mass is 16.3. The maximum absolute atomic E-state index is 12.3. The Morgan fingerprint density at radius 3 is 2.89 bits per heavy atom. The highest BCUT2D eigenvalue weighted by Gasteiger charge is 2.22. The number of aromatic hydroxyl groups is 1. The first kappa shape index (κ1) is 12.3. The van der Waals surface area contributed by atoms with E-state index in [0.717, 1.165) is 6.42 Å². The standard InChI is InChI=1S/C13H15N3O2/c1-3-5-10-11(13(18)16(2)15-10)12(17)9-6-4-7-14-8-9/h4,6-8,18H,3,5H2,1-2H3. The molecule has 0 aromatic carbocycles. The average Bonchev–Trinajstić information content (AvgIpc) is 2.66. The summed E-state index contributed by atoms with van der Waals surface area (Å²) >= 11 is 0. The molecular formula is C13H15N3O2. The minimum Gasteiger partial charge on any atom is -0.493 e. The summed E-state index contributed by atoms with van der Waals surface area (Å²) in [5, 5.41) is 14.1. The second-order valence-electron chi connectivity index (χ2n) is 4.09. The minimum atomic E-state index is -0.239. The van der Waals surface area contributed by atoms with Gasteiger partial charge in [0, 0.05) is 25.0 Å². The number of hydrogen-bond donors (Lipinski definition) is 1. The van der Waals surface area contributed by atoms with E-state index in [1.807, 2.05) is 6.92 Å². The van der Waals surface area contributed by atoms with Crippen molar-refractivity contribution in [2.75, 3.05) is 0 Å². The topological polar surface area (TPSA) is 68.0 Å². The molecule has 5 heteroatoms. The first-order valence-electron chi connectivity index (χ1n) is 5.84. The maximum atomic E-state index is 12.3. The Morgan fingerprint density at radius 2 is 2.28 bits per heavy atom. The van der Waals surface area contributed by atoms with Crippen LogP contribution in [0.2, 0.25) is 0 Å². The van der Waals surface area contributed by atoms with Crippen molar-refractivity contribution in [2.24, 2.45) is 7.05 Å². The lowest BCUT2D eigenvalue weighted by molar-refractivity contribution is 0.103. The molecule has 0 aliphatic rings. The van der Waals surface area contributed by atoms with Crippen molar-refractivity contribution >= 4 is 5.78 Å². The number of aryl methyl sites for hydroxylation is 2. The Hall–Kier alpha value is -2.17. The number of carbonyl (C=O) groups excluding carboxylic acids is 1. The molecule has 0 bridgehead atoms. The van der Waals surface area contributed by atoms with E-state index < -0.39 is 0 Å². The second-order valence-corrected chi connectivity index (χ2v) is 4.09. The smallest absolute Gasteiger partial charge is 0.220 e. The summed E-state index contributed by atoms with van der Waals surface area (Å²) in [4.78, 5) is 16.2. The fourth-order valence-electron chi connectivity index (χ4n) is 1.86. The van der Waals surface area contributed by atoms with Gasteiger partial charge in [0.05, 0.1) is 5.69 Å². The van der Waals surface area contributed by atoms with Crippen molar-refractivity contribution in [3.05, 3.63) is 41.3 Å². The molecular weight excluding hydrogens is 230 g/mol. The lowest BCUT2D eigenvalue weighted by Crippen LogP contribution is -2.04. The number of nitrogens with zero attached hydrogens (tertiary/aromatic N) is 3. The van der Waals surface area contributed by atoms with Crippen molar-refractivity contribution < 1.29 is 9.90 Å². The monoisotopic (exact) mass is 245 g/mol. The Morgan fingerprint density at radius 1 is 1.50 bits per heavy atom. The van der Waals surface area contributed by atoms with Gasteiger partial charge in [-0.15, -0.1) is 0 Å². The maximum Gasteiger partial charge on any atom is 0.220 e. The molecule has 0 atom stereocenters. The first-order chi connectivity index (χ1) is 8.65. The summed E-state index contributed by atoms with van der Waals surface area (Å²) in [5.74, 6) is -0.329. The zero-order chi connectivity index (χ0) is 13.1. The van der Waals surface area contributed by atoms with Crippen LogP contribution in [0, 0.1) is 0 Å². The third kappa shape index (κ3) is 2.11. The van der Waals surface area contributed by atoms with Crippen molar-refractivity contribution in [2.45, 2.75) is 19.8 Å². The molecule has 0 aliphatic carbocycles. The van der Waals surface area contributed by atoms with E-state index in [1.54, 1.807) is 25.4 Å². The predicted octanol–water partition coefficient (Wildman–Crippen LogP) is 1.70. The Kier molecular flexibility index (Phi) is 3.41. The van der Waals surface area contributed by atoms with Gasteiger partial charge in [0.25, 0.3) is 0 Å².